The van der Waals surface area contributed by atoms with E-state index in [-0.39, 0.29) is 11.6 Å². The van der Waals surface area contributed by atoms with Crippen LogP contribution >= 0.6 is 23.2 Å². The maximum Gasteiger partial charge on any atom is 0.390 e. The molecule has 3 fully saturated rings. The number of sulfonamides is 1. The highest BCUT2D eigenvalue weighted by Crippen LogP contribution is 2.71. The Bertz CT molecular complexity index is 1330. The molecule has 230 valence electrons. The first-order valence-electron chi connectivity index (χ1n) is 13.1. The molecule has 1 amide bonds. The molecule has 1 aromatic carbocycles. The van der Waals surface area contributed by atoms with E-state index in [9.17, 15) is 35.2 Å². The molecule has 1 aromatic rings. The number of carbonyl (C=O) groups is 1. The summed E-state index contributed by atoms with van der Waals surface area (Å²) in [7, 11) is -2.82. The number of benzene rings is 1. The molecule has 4 aliphatic rings. The third-order valence-corrected chi connectivity index (χ3v) is 10.8. The molecule has 0 spiro atoms. The molecule has 1 heterocycles. The van der Waals surface area contributed by atoms with Gasteiger partial charge in [0.15, 0.2) is 6.04 Å². The first-order chi connectivity index (χ1) is 18.6. The quantitative estimate of drug-likeness (QED) is 0.315. The number of hydrogen-bond donors (Lipinski definition) is 1. The van der Waals surface area contributed by atoms with Gasteiger partial charge in [0.05, 0.1) is 27.8 Å². The maximum absolute atomic E-state index is 13.6. The Hall–Kier alpha value is -1.70. The fourth-order valence-corrected chi connectivity index (χ4v) is 8.26. The summed E-state index contributed by atoms with van der Waals surface area (Å²) < 4.78 is 93.4. The van der Waals surface area contributed by atoms with Crippen molar-refractivity contribution in [3.05, 3.63) is 33.8 Å². The highest BCUT2D eigenvalue weighted by atomic mass is 35.5. The number of aliphatic imine (C=N–C) groups is 1. The molecule has 0 unspecified atom stereocenters. The molecule has 1 aliphatic heterocycles. The zero-order valence-corrected chi connectivity index (χ0v) is 25.4. The summed E-state index contributed by atoms with van der Waals surface area (Å²) in [5, 5.41) is 3.78. The summed E-state index contributed by atoms with van der Waals surface area (Å²) in [5.74, 6) is -3.93. The van der Waals surface area contributed by atoms with Crippen LogP contribution in [-0.4, -0.2) is 77.9 Å². The number of nitrogens with zero attached hydrogens (tertiary/aromatic N) is 3. The van der Waals surface area contributed by atoms with Gasteiger partial charge in [-0.15, -0.1) is 0 Å². The zero-order valence-electron chi connectivity index (χ0n) is 23.1. The second-order valence-electron chi connectivity index (χ2n) is 12.3. The Morgan fingerprint density at radius 3 is 2.24 bits per heavy atom. The lowest BCUT2D eigenvalue weighted by molar-refractivity contribution is -0.151. The van der Waals surface area contributed by atoms with Crippen molar-refractivity contribution in [2.75, 3.05) is 19.3 Å². The summed E-state index contributed by atoms with van der Waals surface area (Å²) in [6.07, 6.45) is -5.29. The molecule has 41 heavy (non-hydrogen) atoms. The maximum atomic E-state index is 13.6. The average molecular weight is 648 g/mol. The van der Waals surface area contributed by atoms with Gasteiger partial charge in [0, 0.05) is 37.5 Å². The largest absolute Gasteiger partial charge is 0.390 e. The number of rotatable bonds is 11. The van der Waals surface area contributed by atoms with Crippen LogP contribution < -0.4 is 5.32 Å². The number of hydrogen-bond acceptors (Lipinski definition) is 5. The molecule has 1 N–H and O–H groups in total. The average Bonchev–Trinajstić information content (AvgIpc) is 3.09. The molecule has 0 saturated heterocycles. The van der Waals surface area contributed by atoms with Crippen molar-refractivity contribution in [1.82, 2.24) is 14.5 Å². The van der Waals surface area contributed by atoms with E-state index in [0.29, 0.717) is 42.6 Å². The smallest absolute Gasteiger partial charge is 0.366 e. The van der Waals surface area contributed by atoms with Gasteiger partial charge in [-0.2, -0.15) is 17.5 Å². The van der Waals surface area contributed by atoms with Gasteiger partial charge in [-0.3, -0.25) is 9.79 Å². The van der Waals surface area contributed by atoms with E-state index in [0.717, 1.165) is 4.90 Å². The van der Waals surface area contributed by atoms with Crippen molar-refractivity contribution in [3.63, 3.8) is 0 Å². The molecule has 1 atom stereocenters. The van der Waals surface area contributed by atoms with Gasteiger partial charge in [0.25, 0.3) is 0 Å². The van der Waals surface area contributed by atoms with Crippen LogP contribution in [0.3, 0.4) is 0 Å². The van der Waals surface area contributed by atoms with Crippen molar-refractivity contribution in [2.45, 2.75) is 88.6 Å². The number of amides is 1. The van der Waals surface area contributed by atoms with Gasteiger partial charge < -0.3 is 10.2 Å². The normalized spacial score (nSPS) is 27.1. The summed E-state index contributed by atoms with van der Waals surface area (Å²) in [5.41, 5.74) is -1.69. The van der Waals surface area contributed by atoms with Gasteiger partial charge in [-0.1, -0.05) is 29.3 Å². The van der Waals surface area contributed by atoms with Gasteiger partial charge in [0.1, 0.15) is 5.84 Å². The monoisotopic (exact) mass is 646 g/mol. The fourth-order valence-electron chi connectivity index (χ4n) is 5.98. The summed E-state index contributed by atoms with van der Waals surface area (Å²) in [6.45, 7) is 3.56. The van der Waals surface area contributed by atoms with Crippen molar-refractivity contribution in [2.24, 2.45) is 10.4 Å². The van der Waals surface area contributed by atoms with Crippen molar-refractivity contribution in [3.8, 4) is 0 Å². The predicted octanol–water partition coefficient (Wildman–Crippen LogP) is 5.65. The van der Waals surface area contributed by atoms with Crippen LogP contribution in [0, 0.1) is 5.41 Å². The van der Waals surface area contributed by atoms with Gasteiger partial charge in [-0.05, 0) is 57.7 Å². The van der Waals surface area contributed by atoms with Crippen LogP contribution in [0.5, 0.6) is 0 Å². The third kappa shape index (κ3) is 6.62. The Morgan fingerprint density at radius 1 is 1.10 bits per heavy atom. The van der Waals surface area contributed by atoms with E-state index in [4.69, 9.17) is 23.2 Å². The molecule has 15 heteroatoms. The van der Waals surface area contributed by atoms with Crippen LogP contribution in [0.25, 0.3) is 0 Å². The van der Waals surface area contributed by atoms with Crippen LogP contribution in [0.1, 0.15) is 58.4 Å². The van der Waals surface area contributed by atoms with Crippen LogP contribution in [0.4, 0.5) is 22.0 Å². The van der Waals surface area contributed by atoms with Crippen LogP contribution in [0.15, 0.2) is 23.2 Å². The van der Waals surface area contributed by atoms with E-state index in [1.54, 1.807) is 26.0 Å². The Labute approximate surface area is 246 Å². The van der Waals surface area contributed by atoms with E-state index in [1.165, 1.54) is 17.4 Å². The van der Waals surface area contributed by atoms with Gasteiger partial charge >= 0.3 is 6.18 Å². The second kappa shape index (κ2) is 10.5. The number of likely N-dealkylation sites (N-methyl/N-ethyl adjacent to an activating group) is 1. The standard InChI is InChI=1S/C26H33Cl2F5N4O3S/c1-22(2)19(20(38)36(4)9-7-26(31,32)33)34-21(35-22)24-13-25(14-24,15-24)37(41(39,40)10-8-23(3,29)30)12-16-5-6-17(27)18(28)11-16/h5-6,11,19H,7-10,12-15H2,1-4H3,(H,34,35)/t19-,24?,25?/m0/s1. The van der Waals surface area contributed by atoms with E-state index in [1.807, 2.05) is 0 Å². The molecule has 7 nitrogen and oxygen atoms in total. The molecule has 0 radical (unpaired) electrons. The summed E-state index contributed by atoms with van der Waals surface area (Å²) in [4.78, 5) is 18.6. The molecular weight excluding hydrogens is 614 g/mol. The first kappa shape index (κ1) is 32.2. The second-order valence-corrected chi connectivity index (χ2v) is 15.1. The third-order valence-electron chi connectivity index (χ3n) is 8.20. The minimum absolute atomic E-state index is 0.0822. The first-order valence-corrected chi connectivity index (χ1v) is 15.5. The predicted molar refractivity (Wildman–Crippen MR) is 147 cm³/mol. The minimum Gasteiger partial charge on any atom is -0.366 e. The zero-order chi connectivity index (χ0) is 30.8. The fraction of sp³-hybridized carbons (Fsp3) is 0.692. The SMILES string of the molecule is CN(CCC(F)(F)F)C(=O)[C@@H]1N=C(C23CC(N(Cc4ccc(Cl)c(Cl)c4)S(=O)(=O)CCC(C)(F)F)(C2)C3)NC1(C)C. The number of nitrogens with one attached hydrogen (secondary N) is 1. The number of alkyl halides is 5. The molecule has 3 aliphatic carbocycles. The highest BCUT2D eigenvalue weighted by Gasteiger charge is 2.75. The molecule has 0 aromatic heterocycles. The molecular formula is C26H33Cl2F5N4O3S. The highest BCUT2D eigenvalue weighted by molar-refractivity contribution is 7.89. The summed E-state index contributed by atoms with van der Waals surface area (Å²) in [6, 6.07) is 3.75. The lowest BCUT2D eigenvalue weighted by atomic mass is 9.38. The van der Waals surface area contributed by atoms with Crippen LogP contribution in [-0.2, 0) is 21.4 Å². The van der Waals surface area contributed by atoms with Crippen molar-refractivity contribution in [1.29, 1.82) is 0 Å². The number of amidine groups is 1. The lowest BCUT2D eigenvalue weighted by Gasteiger charge is -2.73. The Kier molecular flexibility index (Phi) is 8.24. The Balaban J connectivity index is 1.53. The van der Waals surface area contributed by atoms with E-state index < -0.39 is 75.7 Å². The topological polar surface area (TPSA) is 82.1 Å². The lowest BCUT2D eigenvalue weighted by Crippen LogP contribution is -2.78. The molecule has 3 saturated carbocycles. The molecule has 2 bridgehead atoms. The summed E-state index contributed by atoms with van der Waals surface area (Å²) >= 11 is 12.1. The van der Waals surface area contributed by atoms with E-state index in [2.05, 4.69) is 10.3 Å². The molecule has 5 rings (SSSR count). The van der Waals surface area contributed by atoms with Crippen molar-refractivity contribution < 1.29 is 35.2 Å². The van der Waals surface area contributed by atoms with Gasteiger partial charge in [0.2, 0.25) is 21.9 Å². The Morgan fingerprint density at radius 2 is 1.71 bits per heavy atom. The van der Waals surface area contributed by atoms with E-state index >= 15 is 0 Å². The number of halogens is 7. The van der Waals surface area contributed by atoms with Crippen molar-refractivity contribution >= 4 is 45.0 Å². The van der Waals surface area contributed by atoms with Crippen LogP contribution in [0.2, 0.25) is 10.0 Å². The van der Waals surface area contributed by atoms with Gasteiger partial charge in [-0.25, -0.2) is 17.2 Å². The minimum atomic E-state index is -4.40. The number of carbonyl (C=O) groups excluding carboxylic acids is 1.